The second-order valence-corrected chi connectivity index (χ2v) is 6.86. The summed E-state index contributed by atoms with van der Waals surface area (Å²) in [7, 11) is 3.81. The number of hydrogen-bond acceptors (Lipinski definition) is 4. The third-order valence-corrected chi connectivity index (χ3v) is 4.86. The first-order chi connectivity index (χ1) is 10.3. The zero-order valence-electron chi connectivity index (χ0n) is 12.8. The number of carboxylic acid groups (broad SMARTS) is 1. The Morgan fingerprint density at radius 2 is 1.73 bits per heavy atom. The van der Waals surface area contributed by atoms with Gasteiger partial charge >= 0.3 is 5.97 Å². The van der Waals surface area contributed by atoms with E-state index in [2.05, 4.69) is 0 Å². The minimum absolute atomic E-state index is 0.0715. The van der Waals surface area contributed by atoms with Gasteiger partial charge < -0.3 is 14.3 Å². The number of carboxylic acids is 1. The molecule has 22 heavy (non-hydrogen) atoms. The summed E-state index contributed by atoms with van der Waals surface area (Å²) in [5, 5.41) is 8.77. The average molecular weight is 309 g/mol. The largest absolute Gasteiger partial charge is 0.481 e. The van der Waals surface area contributed by atoms with E-state index in [0.29, 0.717) is 24.1 Å². The zero-order valence-corrected chi connectivity index (χ0v) is 12.8. The van der Waals surface area contributed by atoms with Gasteiger partial charge in [-0.15, -0.1) is 0 Å². The van der Waals surface area contributed by atoms with Gasteiger partial charge in [0, 0.05) is 0 Å². The van der Waals surface area contributed by atoms with E-state index in [4.69, 9.17) is 9.84 Å². The Bertz CT molecular complexity index is 526. The molecule has 0 aromatic carbocycles. The van der Waals surface area contributed by atoms with Gasteiger partial charge in [0.2, 0.25) is 11.8 Å². The summed E-state index contributed by atoms with van der Waals surface area (Å²) in [6.07, 6.45) is 3.29. The topological polar surface area (TPSA) is 83.9 Å². The van der Waals surface area contributed by atoms with E-state index in [1.807, 2.05) is 26.2 Å². The standard InChI is InChI=1S/C15H20N2O5/c1-17(2,7-5-11(18)19)8-6-16-14(20)12-9-3-4-10(22-9)13(12)15(16)21/h3-4,9-10,12-13H,5-8H2,1-2H3/p+1/t9-,10+,12-,13+. The van der Waals surface area contributed by atoms with Gasteiger partial charge in [-0.25, -0.2) is 0 Å². The Balaban J connectivity index is 1.61. The maximum Gasteiger partial charge on any atom is 0.309 e. The fourth-order valence-electron chi connectivity index (χ4n) is 3.47. The molecule has 0 unspecified atom stereocenters. The first-order valence-electron chi connectivity index (χ1n) is 7.53. The maximum absolute atomic E-state index is 12.5. The molecule has 0 aromatic rings. The fourth-order valence-corrected chi connectivity index (χ4v) is 3.47. The van der Waals surface area contributed by atoms with Crippen LogP contribution >= 0.6 is 0 Å². The lowest BCUT2D eigenvalue weighted by Crippen LogP contribution is -2.48. The normalized spacial score (nSPS) is 32.9. The van der Waals surface area contributed by atoms with E-state index in [9.17, 15) is 14.4 Å². The molecule has 7 nitrogen and oxygen atoms in total. The first-order valence-corrected chi connectivity index (χ1v) is 7.53. The van der Waals surface area contributed by atoms with Crippen molar-refractivity contribution in [2.45, 2.75) is 18.6 Å². The minimum Gasteiger partial charge on any atom is -0.481 e. The summed E-state index contributed by atoms with van der Waals surface area (Å²) in [5.41, 5.74) is 0. The molecule has 3 heterocycles. The molecule has 1 N–H and O–H groups in total. The maximum atomic E-state index is 12.5. The van der Waals surface area contributed by atoms with Crippen LogP contribution in [0, 0.1) is 11.8 Å². The van der Waals surface area contributed by atoms with Gasteiger partial charge in [0.1, 0.15) is 0 Å². The highest BCUT2D eigenvalue weighted by molar-refractivity contribution is 6.06. The van der Waals surface area contributed by atoms with Gasteiger partial charge in [0.15, 0.2) is 0 Å². The summed E-state index contributed by atoms with van der Waals surface area (Å²) in [5.74, 6) is -1.86. The molecule has 2 fully saturated rings. The van der Waals surface area contributed by atoms with E-state index in [-0.39, 0.29) is 42.3 Å². The molecule has 120 valence electrons. The Morgan fingerprint density at radius 1 is 1.18 bits per heavy atom. The van der Waals surface area contributed by atoms with Gasteiger partial charge in [-0.05, 0) is 0 Å². The van der Waals surface area contributed by atoms with Gasteiger partial charge in [0.05, 0.1) is 64.2 Å². The average Bonchev–Trinajstić information content (AvgIpc) is 3.10. The molecule has 4 atom stereocenters. The molecule has 2 bridgehead atoms. The number of likely N-dealkylation sites (N-methyl/N-ethyl adjacent to an activating group) is 1. The summed E-state index contributed by atoms with van der Waals surface area (Å²) >= 11 is 0. The van der Waals surface area contributed by atoms with Gasteiger partial charge in [0.25, 0.3) is 0 Å². The highest BCUT2D eigenvalue weighted by Crippen LogP contribution is 2.44. The number of carbonyl (C=O) groups excluding carboxylic acids is 2. The van der Waals surface area contributed by atoms with Crippen molar-refractivity contribution in [2.75, 3.05) is 33.7 Å². The summed E-state index contributed by atoms with van der Waals surface area (Å²) in [6.45, 7) is 1.35. The van der Waals surface area contributed by atoms with Crippen LogP contribution < -0.4 is 0 Å². The van der Waals surface area contributed by atoms with Crippen molar-refractivity contribution in [1.29, 1.82) is 0 Å². The smallest absolute Gasteiger partial charge is 0.309 e. The predicted octanol–water partition coefficient (Wildman–Crippen LogP) is -0.524. The molecule has 3 aliphatic heterocycles. The number of ether oxygens (including phenoxy) is 1. The quantitative estimate of drug-likeness (QED) is 0.405. The number of hydrogen-bond donors (Lipinski definition) is 1. The second kappa shape index (κ2) is 5.17. The number of carbonyl (C=O) groups is 3. The van der Waals surface area contributed by atoms with Crippen LogP contribution in [-0.2, 0) is 19.1 Å². The molecule has 0 saturated carbocycles. The highest BCUT2D eigenvalue weighted by atomic mass is 16.5. The van der Waals surface area contributed by atoms with Crippen molar-refractivity contribution in [3.05, 3.63) is 12.2 Å². The van der Waals surface area contributed by atoms with Crippen molar-refractivity contribution >= 4 is 17.8 Å². The molecule has 0 aliphatic carbocycles. The number of likely N-dealkylation sites (tertiary alicyclic amines) is 1. The van der Waals surface area contributed by atoms with Crippen molar-refractivity contribution in [2.24, 2.45) is 11.8 Å². The molecule has 2 amide bonds. The summed E-state index contributed by atoms with van der Waals surface area (Å²) < 4.78 is 6.05. The van der Waals surface area contributed by atoms with Crippen LogP contribution in [0.1, 0.15) is 6.42 Å². The number of amides is 2. The van der Waals surface area contributed by atoms with Crippen LogP contribution in [0.5, 0.6) is 0 Å². The van der Waals surface area contributed by atoms with Crippen LogP contribution in [0.4, 0.5) is 0 Å². The monoisotopic (exact) mass is 309 g/mol. The Labute approximate surface area is 128 Å². The number of fused-ring (bicyclic) bond motifs is 5. The number of quaternary nitrogens is 1. The second-order valence-electron chi connectivity index (χ2n) is 6.86. The first kappa shape index (κ1) is 15.2. The van der Waals surface area contributed by atoms with Crippen LogP contribution in [0.2, 0.25) is 0 Å². The fraction of sp³-hybridized carbons (Fsp3) is 0.667. The van der Waals surface area contributed by atoms with Crippen LogP contribution in [-0.4, -0.2) is 78.2 Å². The Kier molecular flexibility index (Phi) is 3.57. The predicted molar refractivity (Wildman–Crippen MR) is 75.6 cm³/mol. The number of imide groups is 1. The Morgan fingerprint density at radius 3 is 2.23 bits per heavy atom. The van der Waals surface area contributed by atoms with E-state index >= 15 is 0 Å². The van der Waals surface area contributed by atoms with Crippen molar-refractivity contribution in [3.63, 3.8) is 0 Å². The summed E-state index contributed by atoms with van der Waals surface area (Å²) in [6, 6.07) is 0. The SMILES string of the molecule is C[N+](C)(CCC(=O)O)CCN1C(=O)[C@@H]2[C@H](C1=O)[C@H]1C=C[C@@H]2O1. The number of rotatable bonds is 6. The molecule has 3 rings (SSSR count). The van der Waals surface area contributed by atoms with Crippen LogP contribution in [0.3, 0.4) is 0 Å². The zero-order chi connectivity index (χ0) is 16.1. The lowest BCUT2D eigenvalue weighted by molar-refractivity contribution is -0.889. The van der Waals surface area contributed by atoms with Crippen LogP contribution in [0.15, 0.2) is 12.2 Å². The molecule has 3 aliphatic rings. The van der Waals surface area contributed by atoms with Crippen molar-refractivity contribution in [3.8, 4) is 0 Å². The van der Waals surface area contributed by atoms with Gasteiger partial charge in [-0.3, -0.25) is 19.3 Å². The summed E-state index contributed by atoms with van der Waals surface area (Å²) in [4.78, 5) is 36.9. The van der Waals surface area contributed by atoms with Crippen molar-refractivity contribution < 1.29 is 28.7 Å². The van der Waals surface area contributed by atoms with E-state index in [1.54, 1.807) is 0 Å². The molecule has 0 aromatic heterocycles. The van der Waals surface area contributed by atoms with E-state index in [1.165, 1.54) is 4.90 Å². The molecule has 0 spiro atoms. The third-order valence-electron chi connectivity index (χ3n) is 4.86. The number of aliphatic carboxylic acids is 1. The van der Waals surface area contributed by atoms with E-state index in [0.717, 1.165) is 0 Å². The van der Waals surface area contributed by atoms with Gasteiger partial charge in [-0.1, -0.05) is 12.2 Å². The molecule has 7 heteroatoms. The number of nitrogens with zero attached hydrogens (tertiary/aromatic N) is 2. The van der Waals surface area contributed by atoms with Crippen molar-refractivity contribution in [1.82, 2.24) is 4.90 Å². The molecular weight excluding hydrogens is 288 g/mol. The lowest BCUT2D eigenvalue weighted by Gasteiger charge is -2.31. The van der Waals surface area contributed by atoms with Gasteiger partial charge in [-0.2, -0.15) is 0 Å². The lowest BCUT2D eigenvalue weighted by atomic mass is 9.85. The van der Waals surface area contributed by atoms with E-state index < -0.39 is 5.97 Å². The van der Waals surface area contributed by atoms with Crippen LogP contribution in [0.25, 0.3) is 0 Å². The molecule has 2 saturated heterocycles. The Hall–Kier alpha value is -1.73. The highest BCUT2D eigenvalue weighted by Gasteiger charge is 2.60. The molecule has 0 radical (unpaired) electrons. The minimum atomic E-state index is -0.839. The third kappa shape index (κ3) is 2.44. The molecular formula is C15H21N2O5+.